The van der Waals surface area contributed by atoms with Gasteiger partial charge in [0.25, 0.3) is 0 Å². The van der Waals surface area contributed by atoms with Gasteiger partial charge in [0, 0.05) is 11.1 Å². The van der Waals surface area contributed by atoms with Gasteiger partial charge in [0.15, 0.2) is 5.82 Å². The molecule has 0 spiro atoms. The Morgan fingerprint density at radius 2 is 2.25 bits per heavy atom. The van der Waals surface area contributed by atoms with Crippen molar-refractivity contribution < 1.29 is 4.79 Å². The van der Waals surface area contributed by atoms with Crippen LogP contribution in [-0.2, 0) is 11.2 Å². The summed E-state index contributed by atoms with van der Waals surface area (Å²) < 4.78 is 0. The topological polar surface area (TPSA) is 83.6 Å². The average molecular weight is 285 g/mol. The smallest absolute Gasteiger partial charge is 0.249 e. The number of H-pyrrole nitrogens is 1. The van der Waals surface area contributed by atoms with Crippen LogP contribution < -0.4 is 5.32 Å². The van der Waals surface area contributed by atoms with Crippen LogP contribution in [0.25, 0.3) is 11.5 Å². The third-order valence-electron chi connectivity index (χ3n) is 2.56. The first-order valence-corrected chi connectivity index (χ1v) is 6.85. The van der Waals surface area contributed by atoms with Gasteiger partial charge in [0.05, 0.1) is 6.42 Å². The maximum absolute atomic E-state index is 11.8. The molecule has 20 heavy (non-hydrogen) atoms. The number of hydrogen-bond donors (Lipinski definition) is 2. The van der Waals surface area contributed by atoms with Crippen LogP contribution in [0.5, 0.6) is 0 Å². The monoisotopic (exact) mass is 285 g/mol. The van der Waals surface area contributed by atoms with Gasteiger partial charge in [-0.05, 0) is 23.6 Å². The molecular formula is C13H11N5OS. The van der Waals surface area contributed by atoms with Gasteiger partial charge in [0.2, 0.25) is 11.9 Å². The van der Waals surface area contributed by atoms with E-state index >= 15 is 0 Å². The van der Waals surface area contributed by atoms with Crippen molar-refractivity contribution in [3.63, 3.8) is 0 Å². The third kappa shape index (κ3) is 2.89. The minimum absolute atomic E-state index is 0.140. The van der Waals surface area contributed by atoms with Crippen LogP contribution in [0.1, 0.15) is 4.88 Å². The van der Waals surface area contributed by atoms with Crippen LogP contribution in [0.4, 0.5) is 5.95 Å². The summed E-state index contributed by atoms with van der Waals surface area (Å²) in [6, 6.07) is 9.34. The van der Waals surface area contributed by atoms with Gasteiger partial charge in [0.1, 0.15) is 5.69 Å². The van der Waals surface area contributed by atoms with Gasteiger partial charge in [-0.15, -0.1) is 16.4 Å². The fraction of sp³-hybridized carbons (Fsp3) is 0.0769. The number of carbonyl (C=O) groups is 1. The van der Waals surface area contributed by atoms with Crippen molar-refractivity contribution >= 4 is 23.2 Å². The number of hydrogen-bond acceptors (Lipinski definition) is 5. The van der Waals surface area contributed by atoms with Gasteiger partial charge in [-0.1, -0.05) is 12.1 Å². The molecule has 0 radical (unpaired) electrons. The van der Waals surface area contributed by atoms with E-state index in [2.05, 4.69) is 25.5 Å². The molecule has 7 heteroatoms. The van der Waals surface area contributed by atoms with E-state index in [1.54, 1.807) is 17.5 Å². The lowest BCUT2D eigenvalue weighted by Crippen LogP contribution is -2.14. The molecule has 0 bridgehead atoms. The van der Waals surface area contributed by atoms with E-state index in [0.717, 1.165) is 4.88 Å². The summed E-state index contributed by atoms with van der Waals surface area (Å²) >= 11 is 1.54. The number of nitrogens with one attached hydrogen (secondary N) is 2. The molecule has 0 aliphatic rings. The van der Waals surface area contributed by atoms with E-state index in [4.69, 9.17) is 0 Å². The van der Waals surface area contributed by atoms with Crippen LogP contribution in [0.3, 0.4) is 0 Å². The zero-order chi connectivity index (χ0) is 13.8. The van der Waals surface area contributed by atoms with Gasteiger partial charge in [-0.2, -0.15) is 4.98 Å². The molecule has 0 saturated carbocycles. The van der Waals surface area contributed by atoms with E-state index in [0.29, 0.717) is 17.9 Å². The van der Waals surface area contributed by atoms with Crippen LogP contribution in [0.2, 0.25) is 0 Å². The van der Waals surface area contributed by atoms with Gasteiger partial charge in [-0.25, -0.2) is 0 Å². The Kier molecular flexibility index (Phi) is 3.51. The molecule has 0 aliphatic heterocycles. The highest BCUT2D eigenvalue weighted by molar-refractivity contribution is 7.10. The maximum atomic E-state index is 11.8. The highest BCUT2D eigenvalue weighted by Gasteiger charge is 2.10. The number of nitrogens with zero attached hydrogens (tertiary/aromatic N) is 3. The number of aromatic nitrogens is 4. The second-order valence-corrected chi connectivity index (χ2v) is 5.06. The molecule has 0 unspecified atom stereocenters. The van der Waals surface area contributed by atoms with Crippen molar-refractivity contribution in [3.05, 3.63) is 46.8 Å². The van der Waals surface area contributed by atoms with E-state index < -0.39 is 0 Å². The standard InChI is InChI=1S/C13H11N5OS/c19-11(8-9-4-3-7-20-9)15-13-16-12(17-18-13)10-5-1-2-6-14-10/h1-7H,8H2,(H2,15,16,17,18,19). The largest absolute Gasteiger partial charge is 0.293 e. The predicted molar refractivity (Wildman–Crippen MR) is 76.3 cm³/mol. The van der Waals surface area contributed by atoms with Crippen molar-refractivity contribution in [1.82, 2.24) is 20.2 Å². The fourth-order valence-electron chi connectivity index (χ4n) is 1.68. The quantitative estimate of drug-likeness (QED) is 0.769. The number of amides is 1. The van der Waals surface area contributed by atoms with Crippen LogP contribution in [0.15, 0.2) is 41.9 Å². The molecule has 3 rings (SSSR count). The summed E-state index contributed by atoms with van der Waals surface area (Å²) in [5.41, 5.74) is 0.679. The summed E-state index contributed by atoms with van der Waals surface area (Å²) in [6.45, 7) is 0. The van der Waals surface area contributed by atoms with Gasteiger partial charge < -0.3 is 0 Å². The molecule has 0 saturated heterocycles. The van der Waals surface area contributed by atoms with Crippen LogP contribution in [-0.4, -0.2) is 26.1 Å². The van der Waals surface area contributed by atoms with Crippen molar-refractivity contribution in [2.75, 3.05) is 5.32 Å². The molecule has 3 aromatic rings. The summed E-state index contributed by atoms with van der Waals surface area (Å²) in [5, 5.41) is 11.3. The molecule has 0 atom stereocenters. The van der Waals surface area contributed by atoms with Crippen molar-refractivity contribution in [2.45, 2.75) is 6.42 Å². The Balaban J connectivity index is 1.67. The lowest BCUT2D eigenvalue weighted by atomic mass is 10.3. The van der Waals surface area contributed by atoms with Crippen LogP contribution in [0, 0.1) is 0 Å². The first kappa shape index (κ1) is 12.5. The number of thiophene rings is 1. The van der Waals surface area contributed by atoms with E-state index in [1.807, 2.05) is 35.7 Å². The first-order chi connectivity index (χ1) is 9.81. The molecule has 3 aromatic heterocycles. The highest BCUT2D eigenvalue weighted by atomic mass is 32.1. The second-order valence-electron chi connectivity index (χ2n) is 4.03. The van der Waals surface area contributed by atoms with Crippen LogP contribution >= 0.6 is 11.3 Å². The molecule has 1 amide bonds. The molecule has 0 aliphatic carbocycles. The number of aromatic amines is 1. The number of rotatable bonds is 4. The van der Waals surface area contributed by atoms with Gasteiger partial charge in [-0.3, -0.25) is 20.2 Å². The SMILES string of the molecule is O=C(Cc1cccs1)Nc1n[nH]c(-c2ccccn2)n1. The second kappa shape index (κ2) is 5.62. The fourth-order valence-corrected chi connectivity index (χ4v) is 2.38. The highest BCUT2D eigenvalue weighted by Crippen LogP contribution is 2.13. The first-order valence-electron chi connectivity index (χ1n) is 5.97. The molecule has 0 fully saturated rings. The summed E-state index contributed by atoms with van der Waals surface area (Å²) in [4.78, 5) is 21.2. The Bertz CT molecular complexity index is 693. The Morgan fingerprint density at radius 3 is 3.00 bits per heavy atom. The minimum Gasteiger partial charge on any atom is -0.293 e. The summed E-state index contributed by atoms with van der Waals surface area (Å²) in [6.07, 6.45) is 2.00. The van der Waals surface area contributed by atoms with E-state index in [1.165, 1.54) is 0 Å². The lowest BCUT2D eigenvalue weighted by Gasteiger charge is -1.98. The lowest BCUT2D eigenvalue weighted by molar-refractivity contribution is -0.115. The van der Waals surface area contributed by atoms with Crippen molar-refractivity contribution in [3.8, 4) is 11.5 Å². The third-order valence-corrected chi connectivity index (χ3v) is 3.44. The Morgan fingerprint density at radius 1 is 1.30 bits per heavy atom. The number of pyridine rings is 1. The molecule has 6 nitrogen and oxygen atoms in total. The van der Waals surface area contributed by atoms with Gasteiger partial charge >= 0.3 is 0 Å². The Hall–Kier alpha value is -2.54. The summed E-state index contributed by atoms with van der Waals surface area (Å²) in [7, 11) is 0. The number of carbonyl (C=O) groups excluding carboxylic acids is 1. The minimum atomic E-state index is -0.140. The summed E-state index contributed by atoms with van der Waals surface area (Å²) in [5.74, 6) is 0.642. The molecular weight excluding hydrogens is 274 g/mol. The zero-order valence-electron chi connectivity index (χ0n) is 10.4. The Labute approximate surface area is 118 Å². The average Bonchev–Trinajstić information content (AvgIpc) is 3.11. The molecule has 3 heterocycles. The molecule has 2 N–H and O–H groups in total. The molecule has 100 valence electrons. The zero-order valence-corrected chi connectivity index (χ0v) is 11.2. The number of anilines is 1. The van der Waals surface area contributed by atoms with Crippen molar-refractivity contribution in [2.24, 2.45) is 0 Å². The maximum Gasteiger partial charge on any atom is 0.249 e. The molecule has 0 aromatic carbocycles. The van der Waals surface area contributed by atoms with E-state index in [9.17, 15) is 4.79 Å². The van der Waals surface area contributed by atoms with Crippen molar-refractivity contribution in [1.29, 1.82) is 0 Å². The normalized spacial score (nSPS) is 10.4. The predicted octanol–water partition coefficient (Wildman–Crippen LogP) is 2.11. The van der Waals surface area contributed by atoms with E-state index in [-0.39, 0.29) is 11.9 Å².